The Morgan fingerprint density at radius 3 is 2.75 bits per heavy atom. The third-order valence-electron chi connectivity index (χ3n) is 1.87. The van der Waals surface area contributed by atoms with Crippen LogP contribution in [0.25, 0.3) is 0 Å². The summed E-state index contributed by atoms with van der Waals surface area (Å²) < 4.78 is 0. The van der Waals surface area contributed by atoms with E-state index in [1.54, 1.807) is 24.3 Å². The molecule has 1 rings (SSSR count). The lowest BCUT2D eigenvalue weighted by molar-refractivity contribution is -0.305. The summed E-state index contributed by atoms with van der Waals surface area (Å²) in [4.78, 5) is 21.4. The number of aliphatic carboxylic acids is 1. The maximum atomic E-state index is 11.3. The third-order valence-corrected chi connectivity index (χ3v) is 1.87. The third kappa shape index (κ3) is 3.84. The Morgan fingerprint density at radius 1 is 1.38 bits per heavy atom. The number of carboxylic acid groups (broad SMARTS) is 1. The van der Waals surface area contributed by atoms with E-state index in [2.05, 4.69) is 11.2 Å². The van der Waals surface area contributed by atoms with Gasteiger partial charge in [0.05, 0.1) is 0 Å². The van der Waals surface area contributed by atoms with E-state index in [0.717, 1.165) is 0 Å². The normalized spacial score (nSPS) is 9.19. The molecule has 0 aliphatic heterocycles. The van der Waals surface area contributed by atoms with Crippen LogP contribution in [0.4, 0.5) is 5.69 Å². The summed E-state index contributed by atoms with van der Waals surface area (Å²) >= 11 is 0. The number of nitrogens with one attached hydrogen (secondary N) is 1. The first-order chi connectivity index (χ1) is 7.61. The lowest BCUT2D eigenvalue weighted by atomic mass is 10.2. The van der Waals surface area contributed by atoms with Crippen molar-refractivity contribution in [3.63, 3.8) is 0 Å². The van der Waals surface area contributed by atoms with Crippen molar-refractivity contribution >= 4 is 17.6 Å². The van der Waals surface area contributed by atoms with Crippen LogP contribution in [0, 0.1) is 12.3 Å². The number of carboxylic acids is 1. The van der Waals surface area contributed by atoms with E-state index in [1.807, 2.05) is 0 Å². The summed E-state index contributed by atoms with van der Waals surface area (Å²) in [5.74, 6) is 0.816. The fourth-order valence-electron chi connectivity index (χ4n) is 1.13. The second-order valence-corrected chi connectivity index (χ2v) is 3.15. The molecule has 0 fully saturated rings. The predicted molar refractivity (Wildman–Crippen MR) is 57.2 cm³/mol. The molecule has 1 amide bonds. The molecule has 0 saturated carbocycles. The predicted octanol–water partition coefficient (Wildman–Crippen LogP) is 0.136. The molecule has 0 heterocycles. The molecule has 82 valence electrons. The molecule has 0 unspecified atom stereocenters. The zero-order chi connectivity index (χ0) is 12.0. The van der Waals surface area contributed by atoms with E-state index in [9.17, 15) is 14.7 Å². The topological polar surface area (TPSA) is 69.2 Å². The van der Waals surface area contributed by atoms with Crippen LogP contribution in [-0.2, 0) is 9.59 Å². The highest BCUT2D eigenvalue weighted by Gasteiger charge is 2.02. The Hall–Kier alpha value is -2.28. The minimum atomic E-state index is -1.24. The number of carbonyl (C=O) groups excluding carboxylic acids is 2. The minimum Gasteiger partial charge on any atom is -0.550 e. The largest absolute Gasteiger partial charge is 0.550 e. The van der Waals surface area contributed by atoms with Crippen LogP contribution in [0.2, 0.25) is 0 Å². The van der Waals surface area contributed by atoms with Gasteiger partial charge in [0, 0.05) is 23.6 Å². The van der Waals surface area contributed by atoms with E-state index < -0.39 is 5.97 Å². The molecule has 4 nitrogen and oxygen atoms in total. The monoisotopic (exact) mass is 216 g/mol. The van der Waals surface area contributed by atoms with Crippen LogP contribution in [-0.4, -0.2) is 11.9 Å². The smallest absolute Gasteiger partial charge is 0.224 e. The fraction of sp³-hybridized carbons (Fsp3) is 0.167. The molecule has 0 spiro atoms. The zero-order valence-electron chi connectivity index (χ0n) is 8.53. The molecule has 0 atom stereocenters. The van der Waals surface area contributed by atoms with Gasteiger partial charge in [-0.15, -0.1) is 6.42 Å². The van der Waals surface area contributed by atoms with Crippen molar-refractivity contribution in [3.8, 4) is 12.3 Å². The van der Waals surface area contributed by atoms with Gasteiger partial charge in [-0.1, -0.05) is 12.0 Å². The molecular weight excluding hydrogens is 206 g/mol. The highest BCUT2D eigenvalue weighted by molar-refractivity contribution is 5.92. The number of rotatable bonds is 4. The van der Waals surface area contributed by atoms with E-state index in [0.29, 0.717) is 11.3 Å². The molecule has 0 aliphatic carbocycles. The quantitative estimate of drug-likeness (QED) is 0.727. The van der Waals surface area contributed by atoms with Gasteiger partial charge < -0.3 is 15.2 Å². The van der Waals surface area contributed by atoms with E-state index in [4.69, 9.17) is 6.42 Å². The number of terminal acetylenes is 1. The average molecular weight is 216 g/mol. The second-order valence-electron chi connectivity index (χ2n) is 3.15. The van der Waals surface area contributed by atoms with Crippen molar-refractivity contribution in [2.45, 2.75) is 12.8 Å². The van der Waals surface area contributed by atoms with Gasteiger partial charge in [-0.05, 0) is 24.6 Å². The molecule has 1 N–H and O–H groups in total. The van der Waals surface area contributed by atoms with Crippen LogP contribution in [0.15, 0.2) is 24.3 Å². The van der Waals surface area contributed by atoms with Crippen molar-refractivity contribution in [1.29, 1.82) is 0 Å². The van der Waals surface area contributed by atoms with Crippen molar-refractivity contribution in [3.05, 3.63) is 29.8 Å². The van der Waals surface area contributed by atoms with Crippen LogP contribution in [0.3, 0.4) is 0 Å². The summed E-state index contributed by atoms with van der Waals surface area (Å²) in [5.41, 5.74) is 1.21. The molecule has 1 aromatic carbocycles. The number of hydrogen-bond donors (Lipinski definition) is 1. The Labute approximate surface area is 93.3 Å². The maximum absolute atomic E-state index is 11.3. The van der Waals surface area contributed by atoms with Gasteiger partial charge in [0.15, 0.2) is 0 Å². The molecule has 0 bridgehead atoms. The average Bonchev–Trinajstić information content (AvgIpc) is 2.26. The van der Waals surface area contributed by atoms with Gasteiger partial charge in [-0.2, -0.15) is 0 Å². The van der Waals surface area contributed by atoms with Gasteiger partial charge in [0.2, 0.25) is 5.91 Å². The molecule has 1 aromatic rings. The van der Waals surface area contributed by atoms with Gasteiger partial charge in [-0.3, -0.25) is 4.79 Å². The Bertz CT molecular complexity index is 446. The first-order valence-corrected chi connectivity index (χ1v) is 4.68. The molecule has 0 aliphatic rings. The minimum absolute atomic E-state index is 0.109. The van der Waals surface area contributed by atoms with Crippen LogP contribution >= 0.6 is 0 Å². The maximum Gasteiger partial charge on any atom is 0.224 e. The summed E-state index contributed by atoms with van der Waals surface area (Å²) in [7, 11) is 0. The van der Waals surface area contributed by atoms with E-state index >= 15 is 0 Å². The summed E-state index contributed by atoms with van der Waals surface area (Å²) in [6.45, 7) is 0. The lowest BCUT2D eigenvalue weighted by Gasteiger charge is -2.05. The van der Waals surface area contributed by atoms with Gasteiger partial charge >= 0.3 is 0 Å². The first kappa shape index (κ1) is 11.8. The molecule has 0 radical (unpaired) electrons. The molecule has 0 aromatic heterocycles. The highest BCUT2D eigenvalue weighted by atomic mass is 16.4. The van der Waals surface area contributed by atoms with Crippen LogP contribution in [0.5, 0.6) is 0 Å². The fourth-order valence-corrected chi connectivity index (χ4v) is 1.13. The first-order valence-electron chi connectivity index (χ1n) is 4.68. The van der Waals surface area contributed by atoms with Gasteiger partial charge in [-0.25, -0.2) is 0 Å². The van der Waals surface area contributed by atoms with Crippen molar-refractivity contribution < 1.29 is 14.7 Å². The summed E-state index contributed by atoms with van der Waals surface area (Å²) in [6, 6.07) is 6.76. The molecule has 4 heteroatoms. The van der Waals surface area contributed by atoms with Crippen molar-refractivity contribution in [1.82, 2.24) is 0 Å². The lowest BCUT2D eigenvalue weighted by Crippen LogP contribution is -2.24. The van der Waals surface area contributed by atoms with E-state index in [-0.39, 0.29) is 18.7 Å². The number of hydrogen-bond acceptors (Lipinski definition) is 3. The zero-order valence-corrected chi connectivity index (χ0v) is 8.53. The molecular formula is C12H10NO3-. The number of amides is 1. The number of carbonyl (C=O) groups is 2. The summed E-state index contributed by atoms with van der Waals surface area (Å²) in [6.07, 6.45) is 4.80. The highest BCUT2D eigenvalue weighted by Crippen LogP contribution is 2.10. The van der Waals surface area contributed by atoms with Crippen LogP contribution in [0.1, 0.15) is 18.4 Å². The van der Waals surface area contributed by atoms with Gasteiger partial charge in [0.25, 0.3) is 0 Å². The SMILES string of the molecule is C#Cc1cccc(NC(=O)CCC(=O)[O-])c1. The van der Waals surface area contributed by atoms with Crippen molar-refractivity contribution in [2.75, 3.05) is 5.32 Å². The Morgan fingerprint density at radius 2 is 2.12 bits per heavy atom. The Kier molecular flexibility index (Phi) is 4.10. The number of anilines is 1. The summed E-state index contributed by atoms with van der Waals surface area (Å²) in [5, 5.41) is 12.7. The van der Waals surface area contributed by atoms with E-state index in [1.165, 1.54) is 0 Å². The van der Waals surface area contributed by atoms with Crippen LogP contribution < -0.4 is 10.4 Å². The number of benzene rings is 1. The molecule has 16 heavy (non-hydrogen) atoms. The standard InChI is InChI=1S/C12H11NO3/c1-2-9-4-3-5-10(8-9)13-11(14)6-7-12(15)16/h1,3-5,8H,6-7H2,(H,13,14)(H,15,16)/p-1. The van der Waals surface area contributed by atoms with Gasteiger partial charge in [0.1, 0.15) is 0 Å². The Balaban J connectivity index is 2.56. The second kappa shape index (κ2) is 5.56. The molecule has 0 saturated heterocycles. The van der Waals surface area contributed by atoms with Crippen molar-refractivity contribution in [2.24, 2.45) is 0 Å².